The van der Waals surface area contributed by atoms with Gasteiger partial charge in [-0.25, -0.2) is 8.42 Å². The van der Waals surface area contributed by atoms with E-state index in [-0.39, 0.29) is 18.9 Å². The lowest BCUT2D eigenvalue weighted by molar-refractivity contribution is -0.140. The SMILES string of the molecule is CCNC(=O)[C@H](Cc1ccccc1)N(Cc1ccccc1C)C(=O)CN(c1cccc(Cl)c1C)S(C)(=O)=O. The van der Waals surface area contributed by atoms with Gasteiger partial charge in [0.25, 0.3) is 0 Å². The summed E-state index contributed by atoms with van der Waals surface area (Å²) < 4.78 is 26.8. The molecule has 0 radical (unpaired) electrons. The molecule has 0 aliphatic rings. The summed E-state index contributed by atoms with van der Waals surface area (Å²) in [6.07, 6.45) is 1.33. The molecule has 0 saturated carbocycles. The van der Waals surface area contributed by atoms with Crippen molar-refractivity contribution in [2.24, 2.45) is 0 Å². The molecule has 202 valence electrons. The summed E-state index contributed by atoms with van der Waals surface area (Å²) in [5.74, 6) is -0.798. The molecule has 2 amide bonds. The van der Waals surface area contributed by atoms with Crippen LogP contribution < -0.4 is 9.62 Å². The van der Waals surface area contributed by atoms with Crippen molar-refractivity contribution in [2.45, 2.75) is 39.8 Å². The van der Waals surface area contributed by atoms with E-state index < -0.39 is 28.5 Å². The van der Waals surface area contributed by atoms with Gasteiger partial charge in [0.15, 0.2) is 0 Å². The van der Waals surface area contributed by atoms with Gasteiger partial charge in [-0.15, -0.1) is 0 Å². The van der Waals surface area contributed by atoms with Gasteiger partial charge in [-0.1, -0.05) is 72.3 Å². The molecule has 0 heterocycles. The van der Waals surface area contributed by atoms with Crippen molar-refractivity contribution in [1.29, 1.82) is 0 Å². The van der Waals surface area contributed by atoms with Crippen molar-refractivity contribution in [3.8, 4) is 0 Å². The van der Waals surface area contributed by atoms with E-state index >= 15 is 0 Å². The third-order valence-electron chi connectivity index (χ3n) is 6.41. The van der Waals surface area contributed by atoms with Crippen molar-refractivity contribution < 1.29 is 18.0 Å². The molecule has 0 bridgehead atoms. The fourth-order valence-corrected chi connectivity index (χ4v) is 5.35. The normalized spacial score (nSPS) is 12.0. The lowest BCUT2D eigenvalue weighted by Gasteiger charge is -2.34. The maximum atomic E-state index is 14.0. The maximum Gasteiger partial charge on any atom is 0.244 e. The predicted octanol–water partition coefficient (Wildman–Crippen LogP) is 4.50. The minimum absolute atomic E-state index is 0.145. The molecule has 0 aliphatic carbocycles. The minimum Gasteiger partial charge on any atom is -0.355 e. The number of carbonyl (C=O) groups is 2. The Morgan fingerprint density at radius 3 is 2.24 bits per heavy atom. The molecule has 3 rings (SSSR count). The summed E-state index contributed by atoms with van der Waals surface area (Å²) in [5, 5.41) is 3.24. The van der Waals surface area contributed by atoms with Crippen molar-refractivity contribution in [2.75, 3.05) is 23.7 Å². The summed E-state index contributed by atoms with van der Waals surface area (Å²) in [6, 6.07) is 21.2. The second-order valence-electron chi connectivity index (χ2n) is 9.20. The average molecular weight is 556 g/mol. The number of sulfonamides is 1. The fourth-order valence-electron chi connectivity index (χ4n) is 4.28. The molecule has 7 nitrogen and oxygen atoms in total. The van der Waals surface area contributed by atoms with Gasteiger partial charge in [-0.3, -0.25) is 13.9 Å². The van der Waals surface area contributed by atoms with Crippen LogP contribution in [0, 0.1) is 13.8 Å². The van der Waals surface area contributed by atoms with Crippen LogP contribution in [-0.4, -0.2) is 50.5 Å². The molecule has 0 spiro atoms. The van der Waals surface area contributed by atoms with Gasteiger partial charge in [-0.05, 0) is 55.2 Å². The van der Waals surface area contributed by atoms with Gasteiger partial charge < -0.3 is 10.2 Å². The number of aryl methyl sites for hydroxylation is 1. The van der Waals surface area contributed by atoms with Crippen LogP contribution >= 0.6 is 11.6 Å². The Hall–Kier alpha value is -3.36. The van der Waals surface area contributed by atoms with Crippen molar-refractivity contribution in [1.82, 2.24) is 10.2 Å². The number of hydrogen-bond acceptors (Lipinski definition) is 4. The Labute approximate surface area is 230 Å². The molecule has 0 saturated heterocycles. The second kappa shape index (κ2) is 12.9. The molecule has 0 aliphatic heterocycles. The maximum absolute atomic E-state index is 14.0. The van der Waals surface area contributed by atoms with Crippen LogP contribution in [0.25, 0.3) is 0 Å². The molecule has 1 atom stereocenters. The monoisotopic (exact) mass is 555 g/mol. The van der Waals surface area contributed by atoms with Gasteiger partial charge in [0.1, 0.15) is 12.6 Å². The first-order valence-corrected chi connectivity index (χ1v) is 14.6. The van der Waals surface area contributed by atoms with Crippen molar-refractivity contribution >= 4 is 39.1 Å². The van der Waals surface area contributed by atoms with Gasteiger partial charge in [0, 0.05) is 24.5 Å². The quantitative estimate of drug-likeness (QED) is 0.377. The first-order valence-electron chi connectivity index (χ1n) is 12.4. The Morgan fingerprint density at radius 1 is 0.947 bits per heavy atom. The highest BCUT2D eigenvalue weighted by molar-refractivity contribution is 7.92. The molecule has 0 aromatic heterocycles. The van der Waals surface area contributed by atoms with Crippen LogP contribution in [0.15, 0.2) is 72.8 Å². The van der Waals surface area contributed by atoms with Gasteiger partial charge in [0.05, 0.1) is 11.9 Å². The van der Waals surface area contributed by atoms with Crippen LogP contribution in [0.4, 0.5) is 5.69 Å². The van der Waals surface area contributed by atoms with E-state index in [0.29, 0.717) is 22.8 Å². The molecule has 3 aromatic rings. The fraction of sp³-hybridized carbons (Fsp3) is 0.310. The lowest BCUT2D eigenvalue weighted by atomic mass is 10.0. The van der Waals surface area contributed by atoms with E-state index in [2.05, 4.69) is 5.32 Å². The molecule has 38 heavy (non-hydrogen) atoms. The Bertz CT molecular complexity index is 1380. The predicted molar refractivity (Wildman–Crippen MR) is 153 cm³/mol. The molecular weight excluding hydrogens is 522 g/mol. The third-order valence-corrected chi connectivity index (χ3v) is 7.95. The van der Waals surface area contributed by atoms with E-state index in [1.54, 1.807) is 25.1 Å². The summed E-state index contributed by atoms with van der Waals surface area (Å²) in [5.41, 5.74) is 3.58. The number of carbonyl (C=O) groups excluding carboxylic acids is 2. The largest absolute Gasteiger partial charge is 0.355 e. The standard InChI is InChI=1S/C29H34ClN3O4S/c1-5-31-29(35)27(18-23-13-7-6-8-14-23)32(19-24-15-10-9-12-21(24)2)28(34)20-33(38(4,36)37)26-17-11-16-25(30)22(26)3/h6-17,27H,5,18-20H2,1-4H3,(H,31,35)/t27-/m0/s1. The topological polar surface area (TPSA) is 86.8 Å². The van der Waals surface area contributed by atoms with E-state index in [1.165, 1.54) is 4.90 Å². The Balaban J connectivity index is 2.08. The van der Waals surface area contributed by atoms with Gasteiger partial charge in [-0.2, -0.15) is 0 Å². The summed E-state index contributed by atoms with van der Waals surface area (Å²) in [6.45, 7) is 5.53. The number of likely N-dealkylation sites (N-methyl/N-ethyl adjacent to an activating group) is 1. The molecule has 9 heteroatoms. The number of amides is 2. The van der Waals surface area contributed by atoms with Gasteiger partial charge >= 0.3 is 0 Å². The summed E-state index contributed by atoms with van der Waals surface area (Å²) >= 11 is 6.28. The van der Waals surface area contributed by atoms with Crippen LogP contribution in [0.1, 0.15) is 29.2 Å². The Morgan fingerprint density at radius 2 is 1.61 bits per heavy atom. The van der Waals surface area contributed by atoms with Crippen LogP contribution in [0.3, 0.4) is 0 Å². The molecule has 1 N–H and O–H groups in total. The molecule has 0 unspecified atom stereocenters. The number of rotatable bonds is 11. The highest BCUT2D eigenvalue weighted by atomic mass is 35.5. The van der Waals surface area contributed by atoms with Crippen LogP contribution in [-0.2, 0) is 32.6 Å². The Kier molecular flexibility index (Phi) is 9.94. The highest BCUT2D eigenvalue weighted by Gasteiger charge is 2.33. The first kappa shape index (κ1) is 29.2. The smallest absolute Gasteiger partial charge is 0.244 e. The number of benzene rings is 3. The average Bonchev–Trinajstić information content (AvgIpc) is 2.87. The van der Waals surface area contributed by atoms with Crippen molar-refractivity contribution in [3.05, 3.63) is 100 Å². The summed E-state index contributed by atoms with van der Waals surface area (Å²) in [4.78, 5) is 28.9. The second-order valence-corrected chi connectivity index (χ2v) is 11.5. The minimum atomic E-state index is -3.86. The zero-order valence-corrected chi connectivity index (χ0v) is 23.7. The van der Waals surface area contributed by atoms with Gasteiger partial charge in [0.2, 0.25) is 21.8 Å². The third kappa shape index (κ3) is 7.36. The number of hydrogen-bond donors (Lipinski definition) is 1. The molecular formula is C29H34ClN3O4S. The highest BCUT2D eigenvalue weighted by Crippen LogP contribution is 2.28. The zero-order valence-electron chi connectivity index (χ0n) is 22.1. The lowest BCUT2D eigenvalue weighted by Crippen LogP contribution is -2.53. The van der Waals surface area contributed by atoms with E-state index in [4.69, 9.17) is 11.6 Å². The van der Waals surface area contributed by atoms with Crippen molar-refractivity contribution in [3.63, 3.8) is 0 Å². The van der Waals surface area contributed by atoms with E-state index in [0.717, 1.165) is 27.3 Å². The van der Waals surface area contributed by atoms with E-state index in [9.17, 15) is 18.0 Å². The number of halogens is 1. The molecule has 0 fully saturated rings. The summed E-state index contributed by atoms with van der Waals surface area (Å²) in [7, 11) is -3.86. The number of anilines is 1. The zero-order chi connectivity index (χ0) is 27.9. The molecule has 3 aromatic carbocycles. The van der Waals surface area contributed by atoms with Crippen LogP contribution in [0.2, 0.25) is 5.02 Å². The first-order chi connectivity index (χ1) is 18.0. The van der Waals surface area contributed by atoms with Crippen LogP contribution in [0.5, 0.6) is 0 Å². The van der Waals surface area contributed by atoms with E-state index in [1.807, 2.05) is 68.4 Å². The number of nitrogens with one attached hydrogen (secondary N) is 1. The number of nitrogens with zero attached hydrogens (tertiary/aromatic N) is 2.